The molecule has 4 nitrogen and oxygen atoms in total. The van der Waals surface area contributed by atoms with Gasteiger partial charge in [0.05, 0.1) is 19.0 Å². The Morgan fingerprint density at radius 3 is 2.87 bits per heavy atom. The zero-order valence-electron chi connectivity index (χ0n) is 8.24. The molecule has 1 aromatic carbocycles. The zero-order valence-corrected chi connectivity index (χ0v) is 8.24. The molecule has 1 atom stereocenters. The maximum Gasteiger partial charge on any atom is 0.0989 e. The summed E-state index contributed by atoms with van der Waals surface area (Å²) in [4.78, 5) is 3.91. The molecular formula is C11H13N3O. The smallest absolute Gasteiger partial charge is 0.0989 e. The third-order valence-electron chi connectivity index (χ3n) is 2.30. The third-order valence-corrected chi connectivity index (χ3v) is 2.30. The molecule has 0 spiro atoms. The minimum atomic E-state index is -0.597. The lowest BCUT2D eigenvalue weighted by Crippen LogP contribution is -2.09. The molecular weight excluding hydrogens is 190 g/mol. The summed E-state index contributed by atoms with van der Waals surface area (Å²) in [6.45, 7) is 0.466. The first-order valence-corrected chi connectivity index (χ1v) is 4.75. The van der Waals surface area contributed by atoms with Crippen molar-refractivity contribution in [1.29, 1.82) is 0 Å². The quantitative estimate of drug-likeness (QED) is 0.737. The van der Waals surface area contributed by atoms with E-state index in [0.717, 1.165) is 5.56 Å². The minimum absolute atomic E-state index is 0.466. The Morgan fingerprint density at radius 1 is 1.40 bits per heavy atom. The Labute approximate surface area is 88.0 Å². The van der Waals surface area contributed by atoms with Gasteiger partial charge in [-0.05, 0) is 6.07 Å². The number of nitrogens with zero attached hydrogens (tertiary/aromatic N) is 2. The van der Waals surface area contributed by atoms with Gasteiger partial charge in [0.25, 0.3) is 0 Å². The summed E-state index contributed by atoms with van der Waals surface area (Å²) >= 11 is 0. The summed E-state index contributed by atoms with van der Waals surface area (Å²) in [6.07, 6.45) is 4.56. The Balaban J connectivity index is 2.15. The second-order valence-electron chi connectivity index (χ2n) is 3.40. The maximum atomic E-state index is 9.94. The largest absolute Gasteiger partial charge is 0.398 e. The van der Waals surface area contributed by atoms with E-state index < -0.39 is 6.10 Å². The summed E-state index contributed by atoms with van der Waals surface area (Å²) in [6, 6.07) is 7.33. The first-order valence-electron chi connectivity index (χ1n) is 4.75. The zero-order chi connectivity index (χ0) is 10.7. The van der Waals surface area contributed by atoms with Gasteiger partial charge in [-0.25, -0.2) is 4.98 Å². The van der Waals surface area contributed by atoms with Crippen molar-refractivity contribution in [2.75, 3.05) is 5.73 Å². The van der Waals surface area contributed by atoms with Gasteiger partial charge >= 0.3 is 0 Å². The van der Waals surface area contributed by atoms with Crippen LogP contribution < -0.4 is 5.73 Å². The van der Waals surface area contributed by atoms with E-state index in [4.69, 9.17) is 5.73 Å². The van der Waals surface area contributed by atoms with Crippen LogP contribution in [-0.4, -0.2) is 14.7 Å². The van der Waals surface area contributed by atoms with Crippen LogP contribution in [0.2, 0.25) is 0 Å². The molecule has 2 rings (SSSR count). The lowest BCUT2D eigenvalue weighted by atomic mass is 10.1. The van der Waals surface area contributed by atoms with Crippen molar-refractivity contribution in [1.82, 2.24) is 9.55 Å². The number of rotatable bonds is 3. The highest BCUT2D eigenvalue weighted by molar-refractivity contribution is 5.47. The fourth-order valence-electron chi connectivity index (χ4n) is 1.51. The Kier molecular flexibility index (Phi) is 2.69. The second-order valence-corrected chi connectivity index (χ2v) is 3.40. The fraction of sp³-hybridized carbons (Fsp3) is 0.182. The SMILES string of the molecule is Nc1ccccc1C(O)Cn1ccnc1. The molecule has 0 aliphatic rings. The summed E-state index contributed by atoms with van der Waals surface area (Å²) in [7, 11) is 0. The van der Waals surface area contributed by atoms with Crippen LogP contribution in [0.15, 0.2) is 43.0 Å². The van der Waals surface area contributed by atoms with E-state index >= 15 is 0 Å². The van der Waals surface area contributed by atoms with Crippen molar-refractivity contribution < 1.29 is 5.11 Å². The van der Waals surface area contributed by atoms with Gasteiger partial charge in [0.1, 0.15) is 0 Å². The van der Waals surface area contributed by atoms with Crippen LogP contribution in [0, 0.1) is 0 Å². The Hall–Kier alpha value is -1.81. The molecule has 0 radical (unpaired) electrons. The number of hydrogen-bond donors (Lipinski definition) is 2. The van der Waals surface area contributed by atoms with E-state index in [9.17, 15) is 5.11 Å². The molecule has 1 heterocycles. The van der Waals surface area contributed by atoms with Crippen molar-refractivity contribution in [3.63, 3.8) is 0 Å². The minimum Gasteiger partial charge on any atom is -0.398 e. The number of para-hydroxylation sites is 1. The molecule has 2 aromatic rings. The van der Waals surface area contributed by atoms with Gasteiger partial charge in [-0.1, -0.05) is 18.2 Å². The van der Waals surface area contributed by atoms with Crippen LogP contribution in [-0.2, 0) is 6.54 Å². The number of nitrogens with two attached hydrogens (primary N) is 1. The average Bonchev–Trinajstić information content (AvgIpc) is 2.71. The number of anilines is 1. The molecule has 0 aliphatic carbocycles. The van der Waals surface area contributed by atoms with Crippen molar-refractivity contribution in [2.45, 2.75) is 12.6 Å². The highest BCUT2D eigenvalue weighted by Crippen LogP contribution is 2.20. The van der Waals surface area contributed by atoms with Crippen LogP contribution in [0.4, 0.5) is 5.69 Å². The molecule has 1 aromatic heterocycles. The number of aliphatic hydroxyl groups excluding tert-OH is 1. The van der Waals surface area contributed by atoms with Crippen molar-refractivity contribution >= 4 is 5.69 Å². The highest BCUT2D eigenvalue weighted by Gasteiger charge is 2.10. The van der Waals surface area contributed by atoms with E-state index in [1.807, 2.05) is 29.0 Å². The Bertz CT molecular complexity index is 425. The van der Waals surface area contributed by atoms with Gasteiger partial charge in [-0.3, -0.25) is 0 Å². The molecule has 3 N–H and O–H groups in total. The summed E-state index contributed by atoms with van der Waals surface area (Å²) in [5.74, 6) is 0. The van der Waals surface area contributed by atoms with Gasteiger partial charge < -0.3 is 15.4 Å². The van der Waals surface area contributed by atoms with Crippen LogP contribution in [0.25, 0.3) is 0 Å². The van der Waals surface area contributed by atoms with Crippen LogP contribution in [0.3, 0.4) is 0 Å². The second kappa shape index (κ2) is 4.14. The topological polar surface area (TPSA) is 64.1 Å². The molecule has 15 heavy (non-hydrogen) atoms. The first-order chi connectivity index (χ1) is 7.27. The molecule has 0 fully saturated rings. The van der Waals surface area contributed by atoms with Crippen LogP contribution in [0.5, 0.6) is 0 Å². The summed E-state index contributed by atoms with van der Waals surface area (Å²) in [5, 5.41) is 9.94. The predicted molar refractivity (Wildman–Crippen MR) is 58.0 cm³/mol. The Morgan fingerprint density at radius 2 is 2.20 bits per heavy atom. The average molecular weight is 203 g/mol. The molecule has 0 aliphatic heterocycles. The number of imidazole rings is 1. The molecule has 0 bridgehead atoms. The van der Waals surface area contributed by atoms with Gasteiger partial charge in [0, 0.05) is 23.6 Å². The lowest BCUT2D eigenvalue weighted by Gasteiger charge is -2.13. The van der Waals surface area contributed by atoms with E-state index in [2.05, 4.69) is 4.98 Å². The molecule has 4 heteroatoms. The maximum absolute atomic E-state index is 9.94. The number of hydrogen-bond acceptors (Lipinski definition) is 3. The molecule has 0 saturated carbocycles. The van der Waals surface area contributed by atoms with Gasteiger partial charge in [0.15, 0.2) is 0 Å². The first kappa shape index (κ1) is 9.73. The fourth-order valence-corrected chi connectivity index (χ4v) is 1.51. The van der Waals surface area contributed by atoms with Crippen molar-refractivity contribution in [3.8, 4) is 0 Å². The number of nitrogen functional groups attached to an aromatic ring is 1. The normalized spacial score (nSPS) is 12.6. The van der Waals surface area contributed by atoms with Gasteiger partial charge in [-0.2, -0.15) is 0 Å². The number of aromatic nitrogens is 2. The monoisotopic (exact) mass is 203 g/mol. The highest BCUT2D eigenvalue weighted by atomic mass is 16.3. The van der Waals surface area contributed by atoms with Crippen molar-refractivity contribution in [3.05, 3.63) is 48.5 Å². The van der Waals surface area contributed by atoms with Gasteiger partial charge in [0.2, 0.25) is 0 Å². The van der Waals surface area contributed by atoms with Gasteiger partial charge in [-0.15, -0.1) is 0 Å². The van der Waals surface area contributed by atoms with Crippen LogP contribution >= 0.6 is 0 Å². The molecule has 78 valence electrons. The number of benzene rings is 1. The molecule has 0 saturated heterocycles. The molecule has 0 amide bonds. The third kappa shape index (κ3) is 2.16. The van der Waals surface area contributed by atoms with E-state index in [0.29, 0.717) is 12.2 Å². The van der Waals surface area contributed by atoms with E-state index in [1.54, 1.807) is 18.6 Å². The van der Waals surface area contributed by atoms with Crippen LogP contribution in [0.1, 0.15) is 11.7 Å². The predicted octanol–water partition coefficient (Wildman–Crippen LogP) is 1.20. The lowest BCUT2D eigenvalue weighted by molar-refractivity contribution is 0.157. The summed E-state index contributed by atoms with van der Waals surface area (Å²) < 4.78 is 1.82. The number of aliphatic hydroxyl groups is 1. The van der Waals surface area contributed by atoms with Crippen molar-refractivity contribution in [2.24, 2.45) is 0 Å². The van der Waals surface area contributed by atoms with E-state index in [-0.39, 0.29) is 0 Å². The summed E-state index contributed by atoms with van der Waals surface area (Å²) in [5.41, 5.74) is 7.14. The molecule has 1 unspecified atom stereocenters. The van der Waals surface area contributed by atoms with E-state index in [1.165, 1.54) is 0 Å². The standard InChI is InChI=1S/C11H13N3O/c12-10-4-2-1-3-9(10)11(15)7-14-6-5-13-8-14/h1-6,8,11,15H,7,12H2.